The SMILES string of the molecule is O=[N+]([O-])c1ccc(CS(=O)(=O)NCCN2CCNCC2)cc1. The van der Waals surface area contributed by atoms with E-state index in [1.807, 2.05) is 0 Å². The van der Waals surface area contributed by atoms with Gasteiger partial charge in [-0.3, -0.25) is 15.0 Å². The van der Waals surface area contributed by atoms with Crippen molar-refractivity contribution < 1.29 is 13.3 Å². The van der Waals surface area contributed by atoms with Gasteiger partial charge in [0.05, 0.1) is 10.7 Å². The second-order valence-corrected chi connectivity index (χ2v) is 6.98. The summed E-state index contributed by atoms with van der Waals surface area (Å²) in [6.45, 7) is 4.75. The van der Waals surface area contributed by atoms with Crippen LogP contribution in [0.3, 0.4) is 0 Å². The number of piperazine rings is 1. The molecule has 9 heteroatoms. The monoisotopic (exact) mass is 328 g/mol. The van der Waals surface area contributed by atoms with Crippen molar-refractivity contribution in [3.8, 4) is 0 Å². The lowest BCUT2D eigenvalue weighted by molar-refractivity contribution is -0.384. The molecular formula is C13H20N4O4S. The van der Waals surface area contributed by atoms with Gasteiger partial charge in [0, 0.05) is 51.4 Å². The lowest BCUT2D eigenvalue weighted by Gasteiger charge is -2.27. The predicted octanol–water partition coefficient (Wildman–Crippen LogP) is -0.0806. The Morgan fingerprint density at radius 1 is 1.23 bits per heavy atom. The van der Waals surface area contributed by atoms with Crippen LogP contribution in [0.2, 0.25) is 0 Å². The van der Waals surface area contributed by atoms with Crippen LogP contribution < -0.4 is 10.0 Å². The van der Waals surface area contributed by atoms with Crippen molar-refractivity contribution in [3.63, 3.8) is 0 Å². The molecule has 0 aromatic heterocycles. The van der Waals surface area contributed by atoms with Crippen LogP contribution in [0.1, 0.15) is 5.56 Å². The van der Waals surface area contributed by atoms with Crippen LogP contribution in [0.15, 0.2) is 24.3 Å². The number of nitro benzene ring substituents is 1. The van der Waals surface area contributed by atoms with Crippen molar-refractivity contribution in [2.45, 2.75) is 5.75 Å². The van der Waals surface area contributed by atoms with Gasteiger partial charge in [-0.1, -0.05) is 12.1 Å². The molecule has 1 fully saturated rings. The number of nitro groups is 1. The average Bonchev–Trinajstić information content (AvgIpc) is 2.48. The second-order valence-electron chi connectivity index (χ2n) is 5.17. The predicted molar refractivity (Wildman–Crippen MR) is 83.0 cm³/mol. The summed E-state index contributed by atoms with van der Waals surface area (Å²) in [6, 6.07) is 5.55. The van der Waals surface area contributed by atoms with Gasteiger partial charge in [-0.25, -0.2) is 13.1 Å². The van der Waals surface area contributed by atoms with Gasteiger partial charge in [-0.2, -0.15) is 0 Å². The molecule has 8 nitrogen and oxygen atoms in total. The van der Waals surface area contributed by atoms with E-state index >= 15 is 0 Å². The molecule has 0 saturated carbocycles. The first kappa shape index (κ1) is 16.8. The summed E-state index contributed by atoms with van der Waals surface area (Å²) in [5, 5.41) is 13.8. The Hall–Kier alpha value is -1.55. The van der Waals surface area contributed by atoms with Gasteiger partial charge in [-0.15, -0.1) is 0 Å². The third-order valence-corrected chi connectivity index (χ3v) is 4.82. The third kappa shape index (κ3) is 5.34. The Bertz CT molecular complexity index is 597. The van der Waals surface area contributed by atoms with E-state index in [0.717, 1.165) is 26.2 Å². The van der Waals surface area contributed by atoms with Crippen LogP contribution in [0.5, 0.6) is 0 Å². The maximum atomic E-state index is 12.0. The smallest absolute Gasteiger partial charge is 0.269 e. The van der Waals surface area contributed by atoms with Crippen LogP contribution in [-0.2, 0) is 15.8 Å². The Morgan fingerprint density at radius 2 is 1.86 bits per heavy atom. The molecule has 122 valence electrons. The van der Waals surface area contributed by atoms with Crippen LogP contribution >= 0.6 is 0 Å². The fourth-order valence-corrected chi connectivity index (χ4v) is 3.41. The van der Waals surface area contributed by atoms with E-state index in [9.17, 15) is 18.5 Å². The molecule has 0 bridgehead atoms. The molecule has 2 rings (SSSR count). The maximum absolute atomic E-state index is 12.0. The van der Waals surface area contributed by atoms with Crippen LogP contribution in [0.4, 0.5) is 5.69 Å². The van der Waals surface area contributed by atoms with Crippen LogP contribution in [0, 0.1) is 10.1 Å². The van der Waals surface area contributed by atoms with Gasteiger partial charge >= 0.3 is 0 Å². The molecule has 0 unspecified atom stereocenters. The zero-order valence-electron chi connectivity index (χ0n) is 12.2. The molecule has 1 saturated heterocycles. The van der Waals surface area contributed by atoms with E-state index in [2.05, 4.69) is 14.9 Å². The molecule has 2 N–H and O–H groups in total. The second kappa shape index (κ2) is 7.63. The number of nitrogens with one attached hydrogen (secondary N) is 2. The van der Waals surface area contributed by atoms with Crippen molar-refractivity contribution in [1.82, 2.24) is 14.9 Å². The lowest BCUT2D eigenvalue weighted by atomic mass is 10.2. The van der Waals surface area contributed by atoms with E-state index in [1.54, 1.807) is 0 Å². The van der Waals surface area contributed by atoms with Gasteiger partial charge in [0.1, 0.15) is 0 Å². The third-order valence-electron chi connectivity index (χ3n) is 3.46. The highest BCUT2D eigenvalue weighted by Crippen LogP contribution is 2.13. The molecule has 0 radical (unpaired) electrons. The van der Waals surface area contributed by atoms with Crippen molar-refractivity contribution >= 4 is 15.7 Å². The van der Waals surface area contributed by atoms with E-state index in [1.165, 1.54) is 24.3 Å². The molecule has 1 aliphatic heterocycles. The minimum Gasteiger partial charge on any atom is -0.314 e. The highest BCUT2D eigenvalue weighted by Gasteiger charge is 2.14. The van der Waals surface area contributed by atoms with Crippen molar-refractivity contribution in [3.05, 3.63) is 39.9 Å². The Kier molecular flexibility index (Phi) is 5.83. The van der Waals surface area contributed by atoms with Gasteiger partial charge in [-0.05, 0) is 5.56 Å². The molecule has 1 aromatic rings. The first-order valence-corrected chi connectivity index (χ1v) is 8.75. The molecule has 1 aromatic carbocycles. The fraction of sp³-hybridized carbons (Fsp3) is 0.538. The van der Waals surface area contributed by atoms with Crippen molar-refractivity contribution in [2.75, 3.05) is 39.3 Å². The summed E-state index contributed by atoms with van der Waals surface area (Å²) in [6.07, 6.45) is 0. The van der Waals surface area contributed by atoms with Crippen LogP contribution in [0.25, 0.3) is 0 Å². The Labute approximate surface area is 129 Å². The molecule has 0 amide bonds. The van der Waals surface area contributed by atoms with Gasteiger partial charge in [0.15, 0.2) is 0 Å². The quantitative estimate of drug-likeness (QED) is 0.536. The largest absolute Gasteiger partial charge is 0.314 e. The van der Waals surface area contributed by atoms with Gasteiger partial charge in [0.2, 0.25) is 10.0 Å². The highest BCUT2D eigenvalue weighted by molar-refractivity contribution is 7.88. The van der Waals surface area contributed by atoms with E-state index in [0.29, 0.717) is 18.7 Å². The number of rotatable bonds is 7. The Morgan fingerprint density at radius 3 is 2.45 bits per heavy atom. The number of nitrogens with zero attached hydrogens (tertiary/aromatic N) is 2. The molecule has 1 heterocycles. The molecule has 0 atom stereocenters. The average molecular weight is 328 g/mol. The molecule has 0 spiro atoms. The molecule has 22 heavy (non-hydrogen) atoms. The zero-order chi connectivity index (χ0) is 16.0. The van der Waals surface area contributed by atoms with Crippen molar-refractivity contribution in [2.24, 2.45) is 0 Å². The molecule has 0 aliphatic carbocycles. The maximum Gasteiger partial charge on any atom is 0.269 e. The normalized spacial score (nSPS) is 16.5. The summed E-state index contributed by atoms with van der Waals surface area (Å²) >= 11 is 0. The molecule has 1 aliphatic rings. The standard InChI is InChI=1S/C13H20N4O4S/c18-17(19)13-3-1-12(2-4-13)11-22(20,21)15-7-10-16-8-5-14-6-9-16/h1-4,14-15H,5-11H2. The van der Waals surface area contributed by atoms with E-state index in [4.69, 9.17) is 0 Å². The van der Waals surface area contributed by atoms with E-state index in [-0.39, 0.29) is 11.4 Å². The number of sulfonamides is 1. The topological polar surface area (TPSA) is 105 Å². The van der Waals surface area contributed by atoms with Crippen molar-refractivity contribution in [1.29, 1.82) is 0 Å². The first-order chi connectivity index (χ1) is 10.5. The number of hydrogen-bond acceptors (Lipinski definition) is 6. The number of hydrogen-bond donors (Lipinski definition) is 2. The van der Waals surface area contributed by atoms with Gasteiger partial charge in [0.25, 0.3) is 5.69 Å². The number of benzene rings is 1. The zero-order valence-corrected chi connectivity index (χ0v) is 13.0. The summed E-state index contributed by atoms with van der Waals surface area (Å²) in [7, 11) is -3.43. The lowest BCUT2D eigenvalue weighted by Crippen LogP contribution is -2.46. The van der Waals surface area contributed by atoms with Gasteiger partial charge < -0.3 is 5.32 Å². The summed E-state index contributed by atoms with van der Waals surface area (Å²) in [4.78, 5) is 12.2. The fourth-order valence-electron chi connectivity index (χ4n) is 2.28. The van der Waals surface area contributed by atoms with E-state index < -0.39 is 14.9 Å². The summed E-state index contributed by atoms with van der Waals surface area (Å²) in [5.74, 6) is -0.174. The number of non-ortho nitro benzene ring substituents is 1. The van der Waals surface area contributed by atoms with Crippen LogP contribution in [-0.4, -0.2) is 57.5 Å². The minimum absolute atomic E-state index is 0.0483. The summed E-state index contributed by atoms with van der Waals surface area (Å²) < 4.78 is 26.5. The minimum atomic E-state index is -3.43. The highest BCUT2D eigenvalue weighted by atomic mass is 32.2. The summed E-state index contributed by atoms with van der Waals surface area (Å²) in [5.41, 5.74) is 0.480. The Balaban J connectivity index is 1.81. The first-order valence-electron chi connectivity index (χ1n) is 7.10. The molecular weight excluding hydrogens is 308 g/mol.